The van der Waals surface area contributed by atoms with Gasteiger partial charge in [0.05, 0.1) is 5.88 Å². The topological polar surface area (TPSA) is 39.2 Å². The molecule has 0 fully saturated rings. The molecule has 3 nitrogen and oxygen atoms in total. The molecule has 0 aliphatic heterocycles. The lowest BCUT2D eigenvalue weighted by atomic mass is 10.2. The van der Waals surface area contributed by atoms with Gasteiger partial charge in [0.25, 0.3) is 0 Å². The monoisotopic (exact) mass is 307 g/mol. The molecule has 0 spiro atoms. The molecule has 1 heterocycles. The first-order valence-corrected chi connectivity index (χ1v) is 5.00. The average molecular weight is 308 g/mol. The molecule has 0 aliphatic carbocycles. The summed E-state index contributed by atoms with van der Waals surface area (Å²) in [6, 6.07) is 0.293. The largest absolute Gasteiger partial charge is 0.573 e. The lowest BCUT2D eigenvalue weighted by molar-refractivity contribution is -0.275. The highest BCUT2D eigenvalue weighted by atomic mass is 35.5. The van der Waals surface area contributed by atoms with E-state index in [-0.39, 0.29) is 6.29 Å². The second-order valence-electron chi connectivity index (χ2n) is 3.18. The van der Waals surface area contributed by atoms with E-state index >= 15 is 0 Å². The predicted molar refractivity (Wildman–Crippen MR) is 50.9 cm³/mol. The quantitative estimate of drug-likeness (QED) is 0.487. The fraction of sp³-hybridized carbons (Fsp3) is 0.333. The minimum absolute atomic E-state index is 0.271. The van der Waals surface area contributed by atoms with Gasteiger partial charge in [-0.25, -0.2) is 4.98 Å². The van der Waals surface area contributed by atoms with E-state index in [0.29, 0.717) is 6.07 Å². The van der Waals surface area contributed by atoms with Gasteiger partial charge in [-0.15, -0.1) is 24.8 Å². The molecule has 0 radical (unpaired) electrons. The molecule has 1 aromatic heterocycles. The first kappa shape index (κ1) is 15.5. The number of pyridine rings is 1. The molecular weight excluding hydrogens is 304 g/mol. The molecule has 10 heteroatoms. The third-order valence-corrected chi connectivity index (χ3v) is 2.13. The number of carbonyl (C=O) groups excluding carboxylic acids is 1. The summed E-state index contributed by atoms with van der Waals surface area (Å²) in [5, 5.41) is 0. The van der Waals surface area contributed by atoms with Gasteiger partial charge in [-0.2, -0.15) is 13.2 Å². The van der Waals surface area contributed by atoms with Crippen molar-refractivity contribution < 1.29 is 35.9 Å². The lowest BCUT2D eigenvalue weighted by Gasteiger charge is -2.15. The number of rotatable bonds is 3. The van der Waals surface area contributed by atoms with E-state index in [2.05, 4.69) is 9.72 Å². The summed E-state index contributed by atoms with van der Waals surface area (Å²) in [5.74, 6) is -1.84. The van der Waals surface area contributed by atoms with E-state index in [1.54, 1.807) is 0 Å². The first-order chi connectivity index (χ1) is 8.58. The molecule has 19 heavy (non-hydrogen) atoms. The number of nitrogens with zero attached hydrogens (tertiary/aromatic N) is 1. The Bertz CT molecular complexity index is 485. The molecule has 0 N–H and O–H groups in total. The fourth-order valence-electron chi connectivity index (χ4n) is 1.17. The third kappa shape index (κ3) is 3.98. The van der Waals surface area contributed by atoms with Crippen LogP contribution in [0.5, 0.6) is 5.75 Å². The highest BCUT2D eigenvalue weighted by Crippen LogP contribution is 2.35. The summed E-state index contributed by atoms with van der Waals surface area (Å²) in [6.45, 7) is 0. The van der Waals surface area contributed by atoms with Crippen LogP contribution in [-0.2, 0) is 12.1 Å². The number of halogens is 7. The zero-order chi connectivity index (χ0) is 14.8. The van der Waals surface area contributed by atoms with Gasteiger partial charge in [0.15, 0.2) is 12.0 Å². The fourth-order valence-corrected chi connectivity index (χ4v) is 1.36. The molecule has 0 bridgehead atoms. The molecule has 0 atom stereocenters. The van der Waals surface area contributed by atoms with Crippen molar-refractivity contribution in [3.05, 3.63) is 23.0 Å². The van der Waals surface area contributed by atoms with Crippen LogP contribution >= 0.6 is 11.6 Å². The van der Waals surface area contributed by atoms with Crippen molar-refractivity contribution in [1.29, 1.82) is 0 Å². The number of hydrogen-bond acceptors (Lipinski definition) is 3. The van der Waals surface area contributed by atoms with E-state index < -0.39 is 41.1 Å². The molecule has 0 saturated carbocycles. The number of aromatic nitrogens is 1. The predicted octanol–water partition coefficient (Wildman–Crippen LogP) is 3.55. The van der Waals surface area contributed by atoms with E-state index in [9.17, 15) is 31.1 Å². The van der Waals surface area contributed by atoms with E-state index in [1.165, 1.54) is 0 Å². The zero-order valence-corrected chi connectivity index (χ0v) is 9.53. The van der Waals surface area contributed by atoms with Crippen LogP contribution in [0, 0.1) is 0 Å². The zero-order valence-electron chi connectivity index (χ0n) is 8.77. The highest BCUT2D eigenvalue weighted by Gasteiger charge is 2.37. The van der Waals surface area contributed by atoms with Crippen molar-refractivity contribution in [2.24, 2.45) is 0 Å². The van der Waals surface area contributed by atoms with Gasteiger partial charge < -0.3 is 4.74 Å². The van der Waals surface area contributed by atoms with Gasteiger partial charge in [-0.3, -0.25) is 4.79 Å². The number of carbonyl (C=O) groups is 1. The van der Waals surface area contributed by atoms with Crippen molar-refractivity contribution in [2.75, 3.05) is 0 Å². The van der Waals surface area contributed by atoms with Crippen LogP contribution < -0.4 is 4.74 Å². The molecular formula is C9H4ClF6NO2. The SMILES string of the molecule is O=Cc1nc(C(F)(F)F)cc(CCl)c1OC(F)(F)F. The molecule has 0 aliphatic rings. The molecule has 0 saturated heterocycles. The molecule has 0 aromatic carbocycles. The molecule has 0 amide bonds. The Balaban J connectivity index is 3.42. The van der Waals surface area contributed by atoms with E-state index in [1.807, 2.05) is 0 Å². The summed E-state index contributed by atoms with van der Waals surface area (Å²) in [5.41, 5.74) is -3.29. The maximum absolute atomic E-state index is 12.4. The summed E-state index contributed by atoms with van der Waals surface area (Å²) in [6.07, 6.45) is -10.4. The van der Waals surface area contributed by atoms with Crippen LogP contribution in [0.25, 0.3) is 0 Å². The Morgan fingerprint density at radius 1 is 1.26 bits per heavy atom. The molecule has 0 unspecified atom stereocenters. The average Bonchev–Trinajstić information content (AvgIpc) is 2.25. The first-order valence-electron chi connectivity index (χ1n) is 4.46. The second kappa shape index (κ2) is 5.24. The summed E-state index contributed by atoms with van der Waals surface area (Å²) in [7, 11) is 0. The second-order valence-corrected chi connectivity index (χ2v) is 3.45. The number of hydrogen-bond donors (Lipinski definition) is 0. The van der Waals surface area contributed by atoms with Crippen molar-refractivity contribution in [1.82, 2.24) is 4.98 Å². The highest BCUT2D eigenvalue weighted by molar-refractivity contribution is 6.17. The minimum Gasteiger partial charge on any atom is -0.403 e. The number of aldehydes is 1. The normalized spacial score (nSPS) is 12.4. The Morgan fingerprint density at radius 2 is 1.84 bits per heavy atom. The van der Waals surface area contributed by atoms with Gasteiger partial charge in [0.1, 0.15) is 11.4 Å². The van der Waals surface area contributed by atoms with Crippen molar-refractivity contribution in [2.45, 2.75) is 18.4 Å². The maximum Gasteiger partial charge on any atom is 0.573 e. The Kier molecular flexibility index (Phi) is 4.28. The van der Waals surface area contributed by atoms with Crippen LogP contribution in [0.3, 0.4) is 0 Å². The van der Waals surface area contributed by atoms with E-state index in [4.69, 9.17) is 11.6 Å². The van der Waals surface area contributed by atoms with Gasteiger partial charge in [-0.05, 0) is 6.07 Å². The van der Waals surface area contributed by atoms with Gasteiger partial charge >= 0.3 is 12.5 Å². The van der Waals surface area contributed by atoms with Crippen molar-refractivity contribution >= 4 is 17.9 Å². The number of ether oxygens (including phenoxy) is 1. The maximum atomic E-state index is 12.4. The van der Waals surface area contributed by atoms with Gasteiger partial charge in [-0.1, -0.05) is 0 Å². The summed E-state index contributed by atoms with van der Waals surface area (Å²) >= 11 is 5.25. The third-order valence-electron chi connectivity index (χ3n) is 1.84. The Labute approximate surface area is 107 Å². The smallest absolute Gasteiger partial charge is 0.403 e. The van der Waals surface area contributed by atoms with Crippen LogP contribution in [-0.4, -0.2) is 17.6 Å². The number of alkyl halides is 7. The summed E-state index contributed by atoms with van der Waals surface area (Å²) < 4.78 is 76.9. The van der Waals surface area contributed by atoms with Crippen LogP contribution in [0.2, 0.25) is 0 Å². The molecule has 106 valence electrons. The standard InChI is InChI=1S/C9H4ClF6NO2/c10-2-4-1-6(8(11,12)13)17-5(3-18)7(4)19-9(14,15)16/h1,3H,2H2. The Morgan fingerprint density at radius 3 is 2.21 bits per heavy atom. The van der Waals surface area contributed by atoms with Crippen LogP contribution in [0.1, 0.15) is 21.7 Å². The minimum atomic E-state index is -5.18. The lowest BCUT2D eigenvalue weighted by Crippen LogP contribution is -2.21. The van der Waals surface area contributed by atoms with Crippen LogP contribution in [0.4, 0.5) is 26.3 Å². The van der Waals surface area contributed by atoms with Crippen molar-refractivity contribution in [3.63, 3.8) is 0 Å². The van der Waals surface area contributed by atoms with Gasteiger partial charge in [0, 0.05) is 5.56 Å². The molecule has 1 rings (SSSR count). The molecule has 1 aromatic rings. The van der Waals surface area contributed by atoms with Crippen LogP contribution in [0.15, 0.2) is 6.07 Å². The van der Waals surface area contributed by atoms with Crippen molar-refractivity contribution in [3.8, 4) is 5.75 Å². The van der Waals surface area contributed by atoms with E-state index in [0.717, 1.165) is 0 Å². The van der Waals surface area contributed by atoms with Gasteiger partial charge in [0.2, 0.25) is 0 Å². The summed E-state index contributed by atoms with van der Waals surface area (Å²) in [4.78, 5) is 13.3. The Hall–Kier alpha value is -1.51.